The van der Waals surface area contributed by atoms with Crippen molar-refractivity contribution in [2.75, 3.05) is 11.4 Å². The van der Waals surface area contributed by atoms with Gasteiger partial charge in [-0.1, -0.05) is 96.5 Å². The smallest absolute Gasteiger partial charge is 0.304 e. The van der Waals surface area contributed by atoms with Crippen molar-refractivity contribution in [2.24, 2.45) is 5.92 Å². The van der Waals surface area contributed by atoms with Gasteiger partial charge in [0, 0.05) is 22.5 Å². The summed E-state index contributed by atoms with van der Waals surface area (Å²) in [7, 11) is 0. The first-order valence-electron chi connectivity index (χ1n) is 12.0. The molecule has 0 aliphatic carbocycles. The zero-order chi connectivity index (χ0) is 25.8. The zero-order valence-corrected chi connectivity index (χ0v) is 21.5. The molecular formula is C30H25ClN2O3S. The number of rotatable bonds is 6. The van der Waals surface area contributed by atoms with Crippen LogP contribution in [0, 0.1) is 5.92 Å². The van der Waals surface area contributed by atoms with Crippen LogP contribution >= 0.6 is 22.9 Å². The van der Waals surface area contributed by atoms with Crippen molar-refractivity contribution in [1.82, 2.24) is 4.98 Å². The molecular weight excluding hydrogens is 504 g/mol. The van der Waals surface area contributed by atoms with Crippen LogP contribution in [0.2, 0.25) is 5.02 Å². The van der Waals surface area contributed by atoms with E-state index in [9.17, 15) is 14.7 Å². The molecule has 7 heteroatoms. The number of aliphatic carboxylic acids is 1. The number of aromatic nitrogens is 1. The minimum absolute atomic E-state index is 0.232. The Labute approximate surface area is 224 Å². The Hall–Kier alpha value is -3.74. The maximum absolute atomic E-state index is 13.9. The molecule has 0 saturated heterocycles. The molecule has 186 valence electrons. The van der Waals surface area contributed by atoms with Gasteiger partial charge < -0.3 is 5.11 Å². The monoisotopic (exact) mass is 528 g/mol. The van der Waals surface area contributed by atoms with E-state index in [-0.39, 0.29) is 18.2 Å². The summed E-state index contributed by atoms with van der Waals surface area (Å²) in [4.78, 5) is 32.1. The number of carbonyl (C=O) groups excluding carboxylic acids is 1. The summed E-state index contributed by atoms with van der Waals surface area (Å²) in [6.07, 6.45) is 4.32. The van der Waals surface area contributed by atoms with Crippen LogP contribution in [-0.2, 0) is 9.59 Å². The van der Waals surface area contributed by atoms with Crippen LogP contribution in [0.25, 0.3) is 22.4 Å². The molecule has 0 saturated carbocycles. The van der Waals surface area contributed by atoms with Gasteiger partial charge in [0.2, 0.25) is 5.91 Å². The second-order valence-electron chi connectivity index (χ2n) is 8.95. The number of amides is 1. The van der Waals surface area contributed by atoms with Gasteiger partial charge in [-0.2, -0.15) is 0 Å². The molecule has 0 radical (unpaired) electrons. The molecule has 0 bridgehead atoms. The number of halogens is 1. The third kappa shape index (κ3) is 5.50. The molecule has 1 amide bonds. The largest absolute Gasteiger partial charge is 0.481 e. The average molecular weight is 529 g/mol. The first-order valence-corrected chi connectivity index (χ1v) is 13.3. The van der Waals surface area contributed by atoms with E-state index in [0.29, 0.717) is 28.8 Å². The minimum atomic E-state index is -0.996. The number of hydrogen-bond acceptors (Lipinski definition) is 4. The predicted molar refractivity (Wildman–Crippen MR) is 149 cm³/mol. The normalized spacial score (nSPS) is 17.9. The van der Waals surface area contributed by atoms with E-state index in [1.54, 1.807) is 11.0 Å². The Morgan fingerprint density at radius 2 is 1.68 bits per heavy atom. The summed E-state index contributed by atoms with van der Waals surface area (Å²) in [6.45, 7) is 0.337. The van der Waals surface area contributed by atoms with Crippen molar-refractivity contribution >= 4 is 39.9 Å². The molecule has 1 N–H and O–H groups in total. The molecule has 1 aliphatic rings. The number of carboxylic acids is 1. The minimum Gasteiger partial charge on any atom is -0.481 e. The van der Waals surface area contributed by atoms with Crippen molar-refractivity contribution in [3.8, 4) is 22.4 Å². The second kappa shape index (κ2) is 11.1. The Morgan fingerprint density at radius 1 is 0.973 bits per heavy atom. The van der Waals surface area contributed by atoms with Crippen LogP contribution in [0.5, 0.6) is 0 Å². The van der Waals surface area contributed by atoms with Gasteiger partial charge in [0.05, 0.1) is 18.0 Å². The molecule has 3 aromatic carbocycles. The molecule has 37 heavy (non-hydrogen) atoms. The Kier molecular flexibility index (Phi) is 7.49. The lowest BCUT2D eigenvalue weighted by molar-refractivity contribution is -0.141. The van der Waals surface area contributed by atoms with Gasteiger partial charge in [-0.3, -0.25) is 14.5 Å². The van der Waals surface area contributed by atoms with Gasteiger partial charge in [0.15, 0.2) is 5.13 Å². The van der Waals surface area contributed by atoms with Gasteiger partial charge in [-0.15, -0.1) is 11.3 Å². The maximum Gasteiger partial charge on any atom is 0.304 e. The van der Waals surface area contributed by atoms with E-state index in [1.165, 1.54) is 11.3 Å². The lowest BCUT2D eigenvalue weighted by Crippen LogP contribution is -2.40. The summed E-state index contributed by atoms with van der Waals surface area (Å²) >= 11 is 7.71. The number of allylic oxidation sites excluding steroid dienone is 1. The van der Waals surface area contributed by atoms with Crippen LogP contribution in [0.3, 0.4) is 0 Å². The highest BCUT2D eigenvalue weighted by atomic mass is 35.5. The summed E-state index contributed by atoms with van der Waals surface area (Å²) < 4.78 is 0. The standard InChI is InChI=1S/C30H25ClN2O3S/c31-26-12-5-4-11-24(26)27-19-37-30(32-27)33-17-7-6-10-23(25(29(33)36)18-28(34)35)22-15-13-21(14-16-22)20-8-2-1-3-9-20/h1-9,11-16,19,23,25H,10,17-18H2,(H,34,35). The van der Waals surface area contributed by atoms with E-state index in [4.69, 9.17) is 16.6 Å². The molecule has 0 spiro atoms. The van der Waals surface area contributed by atoms with Crippen molar-refractivity contribution in [1.29, 1.82) is 0 Å². The Bertz CT molecular complexity index is 1430. The van der Waals surface area contributed by atoms with Crippen molar-refractivity contribution in [3.63, 3.8) is 0 Å². The summed E-state index contributed by atoms with van der Waals surface area (Å²) in [5.74, 6) is -2.22. The summed E-state index contributed by atoms with van der Waals surface area (Å²) in [5.41, 5.74) is 4.60. The van der Waals surface area contributed by atoms with E-state index >= 15 is 0 Å². The lowest BCUT2D eigenvalue weighted by Gasteiger charge is -2.31. The van der Waals surface area contributed by atoms with Crippen LogP contribution in [0.1, 0.15) is 24.3 Å². The number of hydrogen-bond donors (Lipinski definition) is 1. The highest BCUT2D eigenvalue weighted by Crippen LogP contribution is 2.38. The number of thiazole rings is 1. The lowest BCUT2D eigenvalue weighted by atomic mass is 9.79. The van der Waals surface area contributed by atoms with Crippen LogP contribution in [0.4, 0.5) is 5.13 Å². The third-order valence-corrected chi connectivity index (χ3v) is 7.82. The Balaban J connectivity index is 1.46. The summed E-state index contributed by atoms with van der Waals surface area (Å²) in [5, 5.41) is 12.7. The molecule has 2 heterocycles. The first kappa shape index (κ1) is 24.9. The van der Waals surface area contributed by atoms with E-state index in [0.717, 1.165) is 22.3 Å². The van der Waals surface area contributed by atoms with Crippen molar-refractivity contribution in [2.45, 2.75) is 18.8 Å². The third-order valence-electron chi connectivity index (χ3n) is 6.63. The number of carboxylic acid groups (broad SMARTS) is 1. The highest BCUT2D eigenvalue weighted by molar-refractivity contribution is 7.14. The van der Waals surface area contributed by atoms with E-state index < -0.39 is 11.9 Å². The highest BCUT2D eigenvalue weighted by Gasteiger charge is 2.36. The number of carbonyl (C=O) groups is 2. The van der Waals surface area contributed by atoms with E-state index in [1.807, 2.05) is 90.3 Å². The van der Waals surface area contributed by atoms with Crippen LogP contribution in [-0.4, -0.2) is 28.5 Å². The fraction of sp³-hybridized carbons (Fsp3) is 0.167. The molecule has 2 atom stereocenters. The topological polar surface area (TPSA) is 70.5 Å². The first-order chi connectivity index (χ1) is 18.0. The molecule has 5 nitrogen and oxygen atoms in total. The van der Waals surface area contributed by atoms with Gasteiger partial charge in [0.1, 0.15) is 0 Å². The average Bonchev–Trinajstić information content (AvgIpc) is 3.39. The maximum atomic E-state index is 13.9. The summed E-state index contributed by atoms with van der Waals surface area (Å²) in [6, 6.07) is 25.6. The number of benzene rings is 3. The van der Waals surface area contributed by atoms with Gasteiger partial charge in [-0.25, -0.2) is 4.98 Å². The fourth-order valence-corrected chi connectivity index (χ4v) is 5.81. The van der Waals surface area contributed by atoms with Crippen LogP contribution in [0.15, 0.2) is 96.4 Å². The predicted octanol–water partition coefficient (Wildman–Crippen LogP) is 7.30. The molecule has 5 rings (SSSR count). The van der Waals surface area contributed by atoms with E-state index in [2.05, 4.69) is 0 Å². The number of anilines is 1. The molecule has 1 aromatic heterocycles. The van der Waals surface area contributed by atoms with Crippen molar-refractivity contribution < 1.29 is 14.7 Å². The molecule has 2 unspecified atom stereocenters. The Morgan fingerprint density at radius 3 is 2.41 bits per heavy atom. The van der Waals surface area contributed by atoms with Crippen molar-refractivity contribution in [3.05, 3.63) is 107 Å². The van der Waals surface area contributed by atoms with Crippen LogP contribution < -0.4 is 4.90 Å². The SMILES string of the molecule is O=C(O)CC1C(=O)N(c2nc(-c3ccccc3Cl)cs2)CC=CCC1c1ccc(-c2ccccc2)cc1. The number of nitrogens with zero attached hydrogens (tertiary/aromatic N) is 2. The van der Waals surface area contributed by atoms with Gasteiger partial charge in [0.25, 0.3) is 0 Å². The van der Waals surface area contributed by atoms with Gasteiger partial charge >= 0.3 is 5.97 Å². The zero-order valence-electron chi connectivity index (χ0n) is 20.0. The molecule has 1 aliphatic heterocycles. The van der Waals surface area contributed by atoms with Gasteiger partial charge in [-0.05, 0) is 35.1 Å². The molecule has 0 fully saturated rings. The molecule has 4 aromatic rings. The fourth-order valence-electron chi connectivity index (χ4n) is 4.74. The second-order valence-corrected chi connectivity index (χ2v) is 10.2. The quantitative estimate of drug-likeness (QED) is 0.266.